The first kappa shape index (κ1) is 16.3. The number of likely N-dealkylation sites (N-methyl/N-ethyl adjacent to an activating group) is 1. The molecule has 2 aromatic rings. The molecule has 1 aliphatic carbocycles. The number of benzene rings is 2. The van der Waals surface area contributed by atoms with Crippen LogP contribution in [0.15, 0.2) is 42.5 Å². The fraction of sp³-hybridized carbons (Fsp3) is 0.421. The lowest BCUT2D eigenvalue weighted by Crippen LogP contribution is -2.39. The van der Waals surface area contributed by atoms with Gasteiger partial charge in [0.25, 0.3) is 0 Å². The number of nitrogens with zero attached hydrogens (tertiary/aromatic N) is 1. The van der Waals surface area contributed by atoms with Crippen LogP contribution in [0.25, 0.3) is 10.8 Å². The highest BCUT2D eigenvalue weighted by atomic mass is 35.5. The third-order valence-corrected chi connectivity index (χ3v) is 5.24. The van der Waals surface area contributed by atoms with Gasteiger partial charge in [-0.1, -0.05) is 42.5 Å². The van der Waals surface area contributed by atoms with Gasteiger partial charge in [0, 0.05) is 25.6 Å². The van der Waals surface area contributed by atoms with E-state index in [0.29, 0.717) is 17.9 Å². The quantitative estimate of drug-likeness (QED) is 0.937. The van der Waals surface area contributed by atoms with Crippen LogP contribution in [0.4, 0.5) is 0 Å². The summed E-state index contributed by atoms with van der Waals surface area (Å²) in [5.41, 5.74) is 1.31. The van der Waals surface area contributed by atoms with Crippen LogP contribution in [0.5, 0.6) is 0 Å². The van der Waals surface area contributed by atoms with Crippen LogP contribution < -0.4 is 5.32 Å². The predicted octanol–water partition coefficient (Wildman–Crippen LogP) is 3.19. The van der Waals surface area contributed by atoms with E-state index < -0.39 is 0 Å². The molecule has 1 heterocycles. The Morgan fingerprint density at radius 2 is 1.96 bits per heavy atom. The van der Waals surface area contributed by atoms with E-state index in [1.807, 2.05) is 11.9 Å². The smallest absolute Gasteiger partial charge is 0.226 e. The molecule has 1 aliphatic heterocycles. The van der Waals surface area contributed by atoms with Crippen molar-refractivity contribution in [3.63, 3.8) is 0 Å². The van der Waals surface area contributed by atoms with E-state index in [9.17, 15) is 4.79 Å². The summed E-state index contributed by atoms with van der Waals surface area (Å²) >= 11 is 0. The van der Waals surface area contributed by atoms with Gasteiger partial charge in [0.2, 0.25) is 5.91 Å². The Balaban J connectivity index is 0.00000156. The lowest BCUT2D eigenvalue weighted by Gasteiger charge is -2.24. The zero-order valence-corrected chi connectivity index (χ0v) is 14.2. The SMILES string of the molecule is CN(C(=O)C1CC1c1ccc2ccccc2c1)C1CCNC1.Cl. The number of rotatable bonds is 3. The van der Waals surface area contributed by atoms with Crippen LogP contribution >= 0.6 is 12.4 Å². The highest BCUT2D eigenvalue weighted by molar-refractivity contribution is 5.86. The van der Waals surface area contributed by atoms with Gasteiger partial charge in [-0.25, -0.2) is 0 Å². The second kappa shape index (κ2) is 6.50. The molecule has 0 aromatic heterocycles. The molecule has 2 fully saturated rings. The summed E-state index contributed by atoms with van der Waals surface area (Å²) in [6.45, 7) is 1.97. The minimum atomic E-state index is 0. The van der Waals surface area contributed by atoms with E-state index in [-0.39, 0.29) is 18.3 Å². The maximum Gasteiger partial charge on any atom is 0.226 e. The first-order valence-corrected chi connectivity index (χ1v) is 8.20. The summed E-state index contributed by atoms with van der Waals surface area (Å²) in [6.07, 6.45) is 2.08. The number of amides is 1. The van der Waals surface area contributed by atoms with Crippen molar-refractivity contribution in [2.75, 3.05) is 20.1 Å². The molecule has 3 unspecified atom stereocenters. The lowest BCUT2D eigenvalue weighted by molar-refractivity contribution is -0.133. The largest absolute Gasteiger partial charge is 0.341 e. The van der Waals surface area contributed by atoms with E-state index in [0.717, 1.165) is 25.9 Å². The Bertz CT molecular complexity index is 711. The van der Waals surface area contributed by atoms with Gasteiger partial charge in [-0.15, -0.1) is 12.4 Å². The molecule has 3 atom stereocenters. The lowest BCUT2D eigenvalue weighted by atomic mass is 10.0. The van der Waals surface area contributed by atoms with Crippen LogP contribution in [-0.4, -0.2) is 37.0 Å². The van der Waals surface area contributed by atoms with Crippen LogP contribution in [-0.2, 0) is 4.79 Å². The van der Waals surface area contributed by atoms with E-state index in [2.05, 4.69) is 47.8 Å². The van der Waals surface area contributed by atoms with Crippen LogP contribution in [0.1, 0.15) is 24.3 Å². The molecule has 122 valence electrons. The third-order valence-electron chi connectivity index (χ3n) is 5.24. The Morgan fingerprint density at radius 3 is 2.70 bits per heavy atom. The summed E-state index contributed by atoms with van der Waals surface area (Å²) in [5, 5.41) is 5.87. The number of nitrogens with one attached hydrogen (secondary N) is 1. The highest BCUT2D eigenvalue weighted by Crippen LogP contribution is 2.49. The average Bonchev–Trinajstić information content (AvgIpc) is 3.17. The molecule has 1 amide bonds. The van der Waals surface area contributed by atoms with Gasteiger partial charge < -0.3 is 10.2 Å². The molecule has 3 nitrogen and oxygen atoms in total. The van der Waals surface area contributed by atoms with Crippen molar-refractivity contribution in [3.8, 4) is 0 Å². The van der Waals surface area contributed by atoms with Gasteiger partial charge in [0.05, 0.1) is 0 Å². The first-order valence-electron chi connectivity index (χ1n) is 8.20. The van der Waals surface area contributed by atoms with Crippen molar-refractivity contribution in [2.45, 2.75) is 24.8 Å². The van der Waals surface area contributed by atoms with Gasteiger partial charge >= 0.3 is 0 Å². The summed E-state index contributed by atoms with van der Waals surface area (Å²) in [4.78, 5) is 14.6. The Hall–Kier alpha value is -1.58. The summed E-state index contributed by atoms with van der Waals surface area (Å²) in [5.74, 6) is 0.924. The van der Waals surface area contributed by atoms with Crippen molar-refractivity contribution in [2.24, 2.45) is 5.92 Å². The fourth-order valence-electron chi connectivity index (χ4n) is 3.69. The van der Waals surface area contributed by atoms with Gasteiger partial charge in [0.1, 0.15) is 0 Å². The summed E-state index contributed by atoms with van der Waals surface area (Å²) < 4.78 is 0. The van der Waals surface area contributed by atoms with E-state index >= 15 is 0 Å². The van der Waals surface area contributed by atoms with Crippen molar-refractivity contribution >= 4 is 29.1 Å². The third kappa shape index (κ3) is 3.08. The molecule has 2 aromatic carbocycles. The molecular formula is C19H23ClN2O. The number of carbonyl (C=O) groups is 1. The van der Waals surface area contributed by atoms with E-state index in [1.165, 1.54) is 16.3 Å². The van der Waals surface area contributed by atoms with Crippen molar-refractivity contribution in [3.05, 3.63) is 48.0 Å². The zero-order chi connectivity index (χ0) is 15.1. The average molecular weight is 331 g/mol. The molecule has 0 bridgehead atoms. The molecule has 0 spiro atoms. The number of hydrogen-bond acceptors (Lipinski definition) is 2. The molecule has 1 saturated carbocycles. The van der Waals surface area contributed by atoms with Crippen molar-refractivity contribution in [1.82, 2.24) is 10.2 Å². The monoisotopic (exact) mass is 330 g/mol. The van der Waals surface area contributed by atoms with Crippen LogP contribution in [0.3, 0.4) is 0 Å². The molecule has 4 heteroatoms. The number of fused-ring (bicyclic) bond motifs is 1. The number of hydrogen-bond donors (Lipinski definition) is 1. The Kier molecular flexibility index (Phi) is 4.60. The highest BCUT2D eigenvalue weighted by Gasteiger charge is 2.46. The van der Waals surface area contributed by atoms with Crippen LogP contribution in [0.2, 0.25) is 0 Å². The number of halogens is 1. The summed E-state index contributed by atoms with van der Waals surface area (Å²) in [6, 6.07) is 15.4. The Labute approximate surface area is 143 Å². The van der Waals surface area contributed by atoms with Gasteiger partial charge in [-0.05, 0) is 41.6 Å². The van der Waals surface area contributed by atoms with Gasteiger partial charge in [-0.3, -0.25) is 4.79 Å². The Morgan fingerprint density at radius 1 is 1.17 bits per heavy atom. The molecule has 1 saturated heterocycles. The van der Waals surface area contributed by atoms with Gasteiger partial charge in [-0.2, -0.15) is 0 Å². The second-order valence-electron chi connectivity index (χ2n) is 6.65. The normalized spacial score (nSPS) is 25.9. The first-order chi connectivity index (χ1) is 10.7. The molecule has 1 N–H and O–H groups in total. The van der Waals surface area contributed by atoms with Crippen molar-refractivity contribution < 1.29 is 4.79 Å². The topological polar surface area (TPSA) is 32.3 Å². The predicted molar refractivity (Wildman–Crippen MR) is 96.1 cm³/mol. The van der Waals surface area contributed by atoms with Gasteiger partial charge in [0.15, 0.2) is 0 Å². The second-order valence-corrected chi connectivity index (χ2v) is 6.65. The maximum atomic E-state index is 12.6. The molecular weight excluding hydrogens is 308 g/mol. The van der Waals surface area contributed by atoms with Crippen LogP contribution in [0, 0.1) is 5.92 Å². The summed E-state index contributed by atoms with van der Waals surface area (Å²) in [7, 11) is 1.97. The molecule has 0 radical (unpaired) electrons. The minimum Gasteiger partial charge on any atom is -0.341 e. The maximum absolute atomic E-state index is 12.6. The minimum absolute atomic E-state index is 0. The molecule has 4 rings (SSSR count). The molecule has 23 heavy (non-hydrogen) atoms. The van der Waals surface area contributed by atoms with E-state index in [4.69, 9.17) is 0 Å². The standard InChI is InChI=1S/C19H22N2O.ClH/c1-21(16-8-9-20-12-16)19(22)18-11-17(18)15-7-6-13-4-2-3-5-14(13)10-15;/h2-7,10,16-18,20H,8-9,11-12H2,1H3;1H. The molecule has 2 aliphatic rings. The fourth-order valence-corrected chi connectivity index (χ4v) is 3.69. The zero-order valence-electron chi connectivity index (χ0n) is 13.4. The van der Waals surface area contributed by atoms with Crippen molar-refractivity contribution in [1.29, 1.82) is 0 Å². The number of carbonyl (C=O) groups excluding carboxylic acids is 1. The van der Waals surface area contributed by atoms with E-state index in [1.54, 1.807) is 0 Å².